The van der Waals surface area contributed by atoms with Gasteiger partial charge in [0.15, 0.2) is 11.5 Å². The van der Waals surface area contributed by atoms with Gasteiger partial charge in [-0.25, -0.2) is 13.2 Å². The number of nitrogens with zero attached hydrogens (tertiary/aromatic N) is 2. The second-order valence-electron chi connectivity index (χ2n) is 6.70. The molecule has 0 radical (unpaired) electrons. The summed E-state index contributed by atoms with van der Waals surface area (Å²) in [4.78, 5) is 13.3. The van der Waals surface area contributed by atoms with Crippen molar-refractivity contribution in [2.24, 2.45) is 0 Å². The van der Waals surface area contributed by atoms with E-state index in [0.717, 1.165) is 0 Å². The van der Waals surface area contributed by atoms with E-state index in [0.29, 0.717) is 43.5 Å². The molecule has 0 atom stereocenters. The highest BCUT2D eigenvalue weighted by Crippen LogP contribution is 2.33. The van der Waals surface area contributed by atoms with Gasteiger partial charge in [0.2, 0.25) is 10.0 Å². The van der Waals surface area contributed by atoms with E-state index in [1.54, 1.807) is 12.1 Å². The van der Waals surface area contributed by atoms with Crippen LogP contribution in [0.5, 0.6) is 17.2 Å². The normalized spacial score (nSPS) is 17.2. The monoisotopic (exact) mass is 420 g/mol. The third-order valence-electron chi connectivity index (χ3n) is 4.97. The molecule has 0 aliphatic carbocycles. The Balaban J connectivity index is 1.49. The minimum Gasteiger partial charge on any atom is -0.507 e. The molecule has 2 aliphatic heterocycles. The van der Waals surface area contributed by atoms with Crippen molar-refractivity contribution in [3.05, 3.63) is 42.0 Å². The van der Waals surface area contributed by atoms with Gasteiger partial charge in [-0.3, -0.25) is 0 Å². The van der Waals surface area contributed by atoms with Crippen LogP contribution in [0.2, 0.25) is 0 Å². The van der Waals surface area contributed by atoms with Crippen LogP contribution in [0.1, 0.15) is 10.4 Å². The Kier molecular flexibility index (Phi) is 4.97. The number of hydrogen-bond donors (Lipinski definition) is 2. The van der Waals surface area contributed by atoms with E-state index in [1.165, 1.54) is 28.6 Å². The van der Waals surface area contributed by atoms with E-state index in [2.05, 4.69) is 0 Å². The van der Waals surface area contributed by atoms with Gasteiger partial charge in [-0.15, -0.1) is 0 Å². The van der Waals surface area contributed by atoms with Crippen molar-refractivity contribution in [1.82, 2.24) is 4.31 Å². The maximum Gasteiger partial charge on any atom is 0.339 e. The molecular formula is C19H20N2O7S. The molecule has 2 aromatic carbocycles. The Hall–Kier alpha value is -2.98. The van der Waals surface area contributed by atoms with Gasteiger partial charge in [-0.1, -0.05) is 0 Å². The molecule has 0 amide bonds. The number of hydrogen-bond acceptors (Lipinski definition) is 7. The van der Waals surface area contributed by atoms with Gasteiger partial charge in [0, 0.05) is 37.9 Å². The summed E-state index contributed by atoms with van der Waals surface area (Å²) in [6.45, 7) is 2.10. The molecule has 1 fully saturated rings. The summed E-state index contributed by atoms with van der Waals surface area (Å²) in [5.41, 5.74) is 0.436. The first kappa shape index (κ1) is 19.3. The number of aromatic carboxylic acids is 1. The molecule has 2 aliphatic rings. The summed E-state index contributed by atoms with van der Waals surface area (Å²) in [7, 11) is -3.69. The first-order valence-corrected chi connectivity index (χ1v) is 10.5. The molecule has 9 nitrogen and oxygen atoms in total. The van der Waals surface area contributed by atoms with Crippen LogP contribution in [0.4, 0.5) is 5.69 Å². The average Bonchev–Trinajstić information content (AvgIpc) is 2.73. The van der Waals surface area contributed by atoms with E-state index in [1.807, 2.05) is 4.90 Å². The average molecular weight is 420 g/mol. The maximum absolute atomic E-state index is 13.0. The molecule has 1 saturated heterocycles. The number of benzene rings is 2. The number of piperazine rings is 1. The number of sulfonamides is 1. The van der Waals surface area contributed by atoms with Gasteiger partial charge in [0.05, 0.1) is 4.90 Å². The molecular weight excluding hydrogens is 400 g/mol. The predicted octanol–water partition coefficient (Wildman–Crippen LogP) is 1.37. The fraction of sp³-hybridized carbons (Fsp3) is 0.316. The fourth-order valence-electron chi connectivity index (χ4n) is 3.41. The largest absolute Gasteiger partial charge is 0.507 e. The van der Waals surface area contributed by atoms with Crippen molar-refractivity contribution in [3.8, 4) is 17.2 Å². The zero-order chi connectivity index (χ0) is 20.6. The summed E-state index contributed by atoms with van der Waals surface area (Å²) in [6, 6.07) is 8.93. The number of fused-ring (bicyclic) bond motifs is 1. The molecule has 0 bridgehead atoms. The van der Waals surface area contributed by atoms with Crippen LogP contribution in [0, 0.1) is 0 Å². The van der Waals surface area contributed by atoms with E-state index in [4.69, 9.17) is 14.6 Å². The molecule has 0 spiro atoms. The molecule has 2 aromatic rings. The highest BCUT2D eigenvalue weighted by molar-refractivity contribution is 7.89. The molecule has 4 rings (SSSR count). The first-order chi connectivity index (χ1) is 13.9. The second-order valence-corrected chi connectivity index (χ2v) is 8.64. The standard InChI is InChI=1S/C19H20N2O7S/c22-16-3-1-13(11-15(16)19(23)24)20-5-7-21(8-6-20)29(25,26)14-2-4-17-18(12-14)28-10-9-27-17/h1-4,11-12,22H,5-10H2,(H,23,24). The first-order valence-electron chi connectivity index (χ1n) is 9.07. The lowest BCUT2D eigenvalue weighted by atomic mass is 10.1. The number of phenols is 1. The summed E-state index contributed by atoms with van der Waals surface area (Å²) in [6.07, 6.45) is 0. The SMILES string of the molecule is O=C(O)c1cc(N2CCN(S(=O)(=O)c3ccc4c(c3)OCCO4)CC2)ccc1O. The summed E-state index contributed by atoms with van der Waals surface area (Å²) in [5.74, 6) is -0.576. The van der Waals surface area contributed by atoms with Crippen LogP contribution >= 0.6 is 0 Å². The van der Waals surface area contributed by atoms with Crippen molar-refractivity contribution in [3.63, 3.8) is 0 Å². The minimum absolute atomic E-state index is 0.146. The fourth-order valence-corrected chi connectivity index (χ4v) is 4.85. The lowest BCUT2D eigenvalue weighted by Gasteiger charge is -2.35. The summed E-state index contributed by atoms with van der Waals surface area (Å²) in [5, 5.41) is 18.8. The van der Waals surface area contributed by atoms with E-state index in [-0.39, 0.29) is 29.3 Å². The Morgan fingerprint density at radius 1 is 0.931 bits per heavy atom. The maximum atomic E-state index is 13.0. The molecule has 29 heavy (non-hydrogen) atoms. The van der Waals surface area contributed by atoms with Crippen LogP contribution in [0.3, 0.4) is 0 Å². The van der Waals surface area contributed by atoms with Crippen molar-refractivity contribution in [1.29, 1.82) is 0 Å². The van der Waals surface area contributed by atoms with Crippen LogP contribution in [0.25, 0.3) is 0 Å². The van der Waals surface area contributed by atoms with Gasteiger partial charge in [-0.2, -0.15) is 4.31 Å². The Morgan fingerprint density at radius 2 is 1.62 bits per heavy atom. The van der Waals surface area contributed by atoms with Crippen LogP contribution in [0.15, 0.2) is 41.3 Å². The number of anilines is 1. The quantitative estimate of drug-likeness (QED) is 0.762. The third kappa shape index (κ3) is 3.68. The third-order valence-corrected chi connectivity index (χ3v) is 6.86. The molecule has 10 heteroatoms. The Morgan fingerprint density at radius 3 is 2.31 bits per heavy atom. The zero-order valence-corrected chi connectivity index (χ0v) is 16.3. The minimum atomic E-state index is -3.69. The zero-order valence-electron chi connectivity index (χ0n) is 15.4. The Bertz CT molecular complexity index is 1050. The predicted molar refractivity (Wildman–Crippen MR) is 103 cm³/mol. The molecule has 2 heterocycles. The molecule has 0 unspecified atom stereocenters. The van der Waals surface area contributed by atoms with Crippen molar-refractivity contribution in [2.45, 2.75) is 4.90 Å². The number of ether oxygens (including phenoxy) is 2. The van der Waals surface area contributed by atoms with Crippen LogP contribution in [-0.2, 0) is 10.0 Å². The smallest absolute Gasteiger partial charge is 0.339 e. The summed E-state index contributed by atoms with van der Waals surface area (Å²) < 4.78 is 38.3. The number of carboxylic acids is 1. The van der Waals surface area contributed by atoms with E-state index >= 15 is 0 Å². The number of carboxylic acid groups (broad SMARTS) is 1. The van der Waals surface area contributed by atoms with Crippen molar-refractivity contribution in [2.75, 3.05) is 44.3 Å². The molecule has 154 valence electrons. The topological polar surface area (TPSA) is 117 Å². The van der Waals surface area contributed by atoms with Crippen molar-refractivity contribution >= 4 is 21.7 Å². The lowest BCUT2D eigenvalue weighted by molar-refractivity contribution is 0.0693. The van der Waals surface area contributed by atoms with E-state index in [9.17, 15) is 18.3 Å². The molecule has 0 saturated carbocycles. The van der Waals surface area contributed by atoms with Crippen LogP contribution in [-0.4, -0.2) is 68.3 Å². The van der Waals surface area contributed by atoms with E-state index < -0.39 is 16.0 Å². The number of rotatable bonds is 4. The summed E-state index contributed by atoms with van der Waals surface area (Å²) >= 11 is 0. The van der Waals surface area contributed by atoms with Crippen molar-refractivity contribution < 1.29 is 32.9 Å². The number of carbonyl (C=O) groups is 1. The second kappa shape index (κ2) is 7.45. The van der Waals surface area contributed by atoms with Gasteiger partial charge in [0.1, 0.15) is 24.5 Å². The van der Waals surface area contributed by atoms with Crippen LogP contribution < -0.4 is 14.4 Å². The van der Waals surface area contributed by atoms with Gasteiger partial charge in [0.25, 0.3) is 0 Å². The van der Waals surface area contributed by atoms with Gasteiger partial charge >= 0.3 is 5.97 Å². The Labute approximate surface area is 167 Å². The number of aromatic hydroxyl groups is 1. The van der Waals surface area contributed by atoms with Gasteiger partial charge < -0.3 is 24.6 Å². The van der Waals surface area contributed by atoms with Gasteiger partial charge in [-0.05, 0) is 30.3 Å². The molecule has 0 aromatic heterocycles. The molecule has 2 N–H and O–H groups in total. The highest BCUT2D eigenvalue weighted by atomic mass is 32.2. The lowest BCUT2D eigenvalue weighted by Crippen LogP contribution is -2.48. The highest BCUT2D eigenvalue weighted by Gasteiger charge is 2.30.